The second-order valence-corrected chi connectivity index (χ2v) is 4.88. The fourth-order valence-electron chi connectivity index (χ4n) is 2.34. The van der Waals surface area contributed by atoms with E-state index in [9.17, 15) is 0 Å². The molecule has 1 nitrogen and oxygen atoms in total. The Balaban J connectivity index is 2.09. The molecule has 0 bridgehead atoms. The highest BCUT2D eigenvalue weighted by Crippen LogP contribution is 2.73. The fraction of sp³-hybridized carbons (Fsp3) is 0.667. The van der Waals surface area contributed by atoms with Gasteiger partial charge in [0.1, 0.15) is 0 Å². The molecule has 2 aliphatic heterocycles. The summed E-state index contributed by atoms with van der Waals surface area (Å²) in [5.74, 6) is 0.871. The summed E-state index contributed by atoms with van der Waals surface area (Å²) >= 11 is 2.07. The first kappa shape index (κ1) is 6.30. The molecule has 0 aromatic heterocycles. The molecule has 1 aliphatic carbocycles. The van der Waals surface area contributed by atoms with Gasteiger partial charge in [0.25, 0.3) is 0 Å². The van der Waals surface area contributed by atoms with Crippen molar-refractivity contribution in [1.82, 2.24) is 0 Å². The van der Waals surface area contributed by atoms with Gasteiger partial charge in [0.15, 0.2) is 0 Å². The Morgan fingerprint density at radius 1 is 1.73 bits per heavy atom. The Kier molecular flexibility index (Phi) is 0.905. The zero-order chi connectivity index (χ0) is 7.64. The Morgan fingerprint density at radius 2 is 2.55 bits per heavy atom. The molecule has 2 heterocycles. The summed E-state index contributed by atoms with van der Waals surface area (Å²) in [6, 6.07) is 0. The van der Waals surface area contributed by atoms with E-state index in [1.165, 1.54) is 12.1 Å². The molecule has 2 heteroatoms. The number of nitrogens with zero attached hydrogens (tertiary/aromatic N) is 1. The van der Waals surface area contributed by atoms with E-state index in [1.54, 1.807) is 4.91 Å². The Bertz CT molecular complexity index is 292. The van der Waals surface area contributed by atoms with Crippen LogP contribution in [0, 0.1) is 11.3 Å². The summed E-state index contributed by atoms with van der Waals surface area (Å²) < 4.78 is 0. The van der Waals surface area contributed by atoms with Gasteiger partial charge in [-0.15, -0.1) is 11.8 Å². The summed E-state index contributed by atoms with van der Waals surface area (Å²) in [5.41, 5.74) is 1.92. The van der Waals surface area contributed by atoms with Crippen molar-refractivity contribution in [2.24, 2.45) is 16.3 Å². The van der Waals surface area contributed by atoms with Crippen LogP contribution in [0.4, 0.5) is 0 Å². The molecule has 0 amide bonds. The predicted octanol–water partition coefficient (Wildman–Crippen LogP) is 2.44. The molecule has 3 unspecified atom stereocenters. The minimum atomic E-state index is 0.482. The highest BCUT2D eigenvalue weighted by Gasteiger charge is 2.71. The standard InChI is InChI=1S/C9H11NS/c1-3-6-7-9(4-10-7)5(2)8(9)11-6/h4-5,8H,3H2,1-2H3. The molecular weight excluding hydrogens is 154 g/mol. The largest absolute Gasteiger partial charge is 0.263 e. The normalized spacial score (nSPS) is 50.4. The van der Waals surface area contributed by atoms with Crippen LogP contribution in [0.15, 0.2) is 15.6 Å². The maximum atomic E-state index is 4.38. The lowest BCUT2D eigenvalue weighted by Gasteiger charge is -2.19. The molecule has 11 heavy (non-hydrogen) atoms. The van der Waals surface area contributed by atoms with E-state index in [0.29, 0.717) is 5.41 Å². The van der Waals surface area contributed by atoms with Crippen LogP contribution in [0.2, 0.25) is 0 Å². The van der Waals surface area contributed by atoms with Crippen molar-refractivity contribution in [3.63, 3.8) is 0 Å². The third kappa shape index (κ3) is 0.460. The number of aliphatic imine (C=N–C) groups is 1. The summed E-state index contributed by atoms with van der Waals surface area (Å²) in [6.45, 7) is 4.57. The van der Waals surface area contributed by atoms with E-state index in [1.807, 2.05) is 0 Å². The van der Waals surface area contributed by atoms with Crippen molar-refractivity contribution in [2.45, 2.75) is 25.5 Å². The van der Waals surface area contributed by atoms with E-state index < -0.39 is 0 Å². The molecule has 1 spiro atoms. The van der Waals surface area contributed by atoms with E-state index >= 15 is 0 Å². The van der Waals surface area contributed by atoms with Gasteiger partial charge in [-0.1, -0.05) is 13.8 Å². The number of thioether (sulfide) groups is 1. The van der Waals surface area contributed by atoms with Crippen molar-refractivity contribution in [3.05, 3.63) is 10.6 Å². The molecule has 3 rings (SSSR count). The fourth-order valence-corrected chi connectivity index (χ4v) is 4.09. The molecule has 3 aliphatic rings. The van der Waals surface area contributed by atoms with Crippen LogP contribution in [-0.2, 0) is 0 Å². The van der Waals surface area contributed by atoms with E-state index in [-0.39, 0.29) is 0 Å². The first-order valence-electron chi connectivity index (χ1n) is 4.26. The van der Waals surface area contributed by atoms with Crippen molar-refractivity contribution in [3.8, 4) is 0 Å². The zero-order valence-corrected chi connectivity index (χ0v) is 7.61. The van der Waals surface area contributed by atoms with E-state index in [2.05, 4.69) is 36.8 Å². The Hall–Kier alpha value is -0.240. The average Bonchev–Trinajstić information content (AvgIpc) is 2.46. The number of allylic oxidation sites excluding steroid dienone is 2. The van der Waals surface area contributed by atoms with Crippen LogP contribution in [-0.4, -0.2) is 11.5 Å². The summed E-state index contributed by atoms with van der Waals surface area (Å²) in [5, 5.41) is 0.866. The third-order valence-electron chi connectivity index (χ3n) is 3.24. The first-order valence-corrected chi connectivity index (χ1v) is 5.14. The first-order chi connectivity index (χ1) is 5.30. The summed E-state index contributed by atoms with van der Waals surface area (Å²) in [4.78, 5) is 5.93. The minimum absolute atomic E-state index is 0.482. The van der Waals surface area contributed by atoms with Gasteiger partial charge in [0.2, 0.25) is 0 Å². The highest BCUT2D eigenvalue weighted by molar-refractivity contribution is 8.04. The van der Waals surface area contributed by atoms with Gasteiger partial charge in [-0.2, -0.15) is 0 Å². The smallest absolute Gasteiger partial charge is 0.0647 e. The van der Waals surface area contributed by atoms with Crippen LogP contribution in [0.5, 0.6) is 0 Å². The van der Waals surface area contributed by atoms with Crippen LogP contribution >= 0.6 is 11.8 Å². The maximum Gasteiger partial charge on any atom is 0.0647 e. The van der Waals surface area contributed by atoms with E-state index in [4.69, 9.17) is 0 Å². The summed E-state index contributed by atoms with van der Waals surface area (Å²) in [6.07, 6.45) is 3.36. The topological polar surface area (TPSA) is 12.4 Å². The molecule has 0 aromatic rings. The molecule has 3 atom stereocenters. The van der Waals surface area contributed by atoms with Crippen LogP contribution in [0.3, 0.4) is 0 Å². The quantitative estimate of drug-likeness (QED) is 0.581. The Morgan fingerprint density at radius 3 is 3.00 bits per heavy atom. The SMILES string of the molecule is CCC1=C2N=CC23C(C)C3S1. The van der Waals surface area contributed by atoms with Gasteiger partial charge in [0, 0.05) is 16.4 Å². The lowest BCUT2D eigenvalue weighted by atomic mass is 9.95. The second-order valence-electron chi connectivity index (χ2n) is 3.64. The van der Waals surface area contributed by atoms with Crippen LogP contribution < -0.4 is 0 Å². The van der Waals surface area contributed by atoms with Gasteiger partial charge >= 0.3 is 0 Å². The van der Waals surface area contributed by atoms with Gasteiger partial charge < -0.3 is 0 Å². The van der Waals surface area contributed by atoms with Crippen molar-refractivity contribution in [1.29, 1.82) is 0 Å². The lowest BCUT2D eigenvalue weighted by Crippen LogP contribution is -2.17. The molecule has 0 N–H and O–H groups in total. The van der Waals surface area contributed by atoms with Crippen molar-refractivity contribution in [2.75, 3.05) is 0 Å². The van der Waals surface area contributed by atoms with Gasteiger partial charge in [-0.3, -0.25) is 4.99 Å². The minimum Gasteiger partial charge on any atom is -0.263 e. The van der Waals surface area contributed by atoms with Gasteiger partial charge in [0.05, 0.1) is 11.1 Å². The zero-order valence-electron chi connectivity index (χ0n) is 6.79. The summed E-state index contributed by atoms with van der Waals surface area (Å²) in [7, 11) is 0. The number of hydrogen-bond acceptors (Lipinski definition) is 2. The van der Waals surface area contributed by atoms with Crippen LogP contribution in [0.1, 0.15) is 20.3 Å². The molecular formula is C9H11NS. The monoisotopic (exact) mass is 165 g/mol. The lowest BCUT2D eigenvalue weighted by molar-refractivity contribution is 0.697. The van der Waals surface area contributed by atoms with E-state index in [0.717, 1.165) is 11.2 Å². The number of rotatable bonds is 1. The molecule has 1 fully saturated rings. The molecule has 58 valence electrons. The van der Waals surface area contributed by atoms with Crippen molar-refractivity contribution >= 4 is 18.0 Å². The third-order valence-corrected chi connectivity index (χ3v) is 5.06. The maximum absolute atomic E-state index is 4.38. The molecule has 0 radical (unpaired) electrons. The molecule has 1 saturated carbocycles. The Labute approximate surface area is 71.0 Å². The predicted molar refractivity (Wildman–Crippen MR) is 48.8 cm³/mol. The van der Waals surface area contributed by atoms with Gasteiger partial charge in [-0.05, 0) is 12.3 Å². The number of hydrogen-bond donors (Lipinski definition) is 0. The highest BCUT2D eigenvalue weighted by atomic mass is 32.2. The van der Waals surface area contributed by atoms with Crippen LogP contribution in [0.25, 0.3) is 0 Å². The van der Waals surface area contributed by atoms with Gasteiger partial charge in [-0.25, -0.2) is 0 Å². The second kappa shape index (κ2) is 1.58. The average molecular weight is 165 g/mol. The van der Waals surface area contributed by atoms with Crippen molar-refractivity contribution < 1.29 is 0 Å². The molecule has 0 aromatic carbocycles. The molecule has 0 saturated heterocycles.